The number of amides is 1. The minimum absolute atomic E-state index is 0.283. The summed E-state index contributed by atoms with van der Waals surface area (Å²) < 4.78 is 63.5. The summed E-state index contributed by atoms with van der Waals surface area (Å²) in [6, 6.07) is 6.89. The number of nitrogens with zero attached hydrogens (tertiary/aromatic N) is 3. The number of hydrogen-bond donors (Lipinski definition) is 2. The summed E-state index contributed by atoms with van der Waals surface area (Å²) >= 11 is 0. The van der Waals surface area contributed by atoms with E-state index in [0.717, 1.165) is 31.6 Å². The quantitative estimate of drug-likeness (QED) is 0.484. The third kappa shape index (κ3) is 9.00. The molecule has 1 amide bonds. The molecule has 2 N–H and O–H groups in total. The number of carboxylic acid groups (broad SMARTS) is 2. The third-order valence-electron chi connectivity index (χ3n) is 4.90. The van der Waals surface area contributed by atoms with Crippen LogP contribution < -0.4 is 0 Å². The van der Waals surface area contributed by atoms with Gasteiger partial charge in [-0.2, -0.15) is 26.3 Å². The van der Waals surface area contributed by atoms with Crippen LogP contribution in [0.4, 0.5) is 26.3 Å². The number of aliphatic carboxylic acids is 2. The van der Waals surface area contributed by atoms with Crippen molar-refractivity contribution < 1.29 is 50.9 Å². The van der Waals surface area contributed by atoms with Gasteiger partial charge in [0.1, 0.15) is 0 Å². The Morgan fingerprint density at radius 1 is 1.06 bits per heavy atom. The van der Waals surface area contributed by atoms with Crippen molar-refractivity contribution in [3.63, 3.8) is 0 Å². The summed E-state index contributed by atoms with van der Waals surface area (Å²) in [6.45, 7) is 6.39. The second-order valence-electron chi connectivity index (χ2n) is 7.19. The minimum atomic E-state index is -5.08. The van der Waals surface area contributed by atoms with E-state index in [9.17, 15) is 31.1 Å². The highest BCUT2D eigenvalue weighted by molar-refractivity contribution is 5.78. The lowest BCUT2D eigenvalue weighted by Gasteiger charge is -2.39. The molecule has 0 unspecified atom stereocenters. The van der Waals surface area contributed by atoms with Gasteiger partial charge in [0.2, 0.25) is 5.91 Å². The molecule has 0 aliphatic carbocycles. The van der Waals surface area contributed by atoms with E-state index >= 15 is 0 Å². The van der Waals surface area contributed by atoms with Crippen LogP contribution in [-0.4, -0.2) is 80.4 Å². The lowest BCUT2D eigenvalue weighted by molar-refractivity contribution is -0.193. The highest BCUT2D eigenvalue weighted by atomic mass is 19.4. The summed E-state index contributed by atoms with van der Waals surface area (Å²) in [5.74, 6) is -5.23. The van der Waals surface area contributed by atoms with Gasteiger partial charge in [-0.1, -0.05) is 12.1 Å². The van der Waals surface area contributed by atoms with Crippen molar-refractivity contribution in [1.29, 1.82) is 0 Å². The molecular formula is C20H23F6N3O5. The van der Waals surface area contributed by atoms with Crippen molar-refractivity contribution in [3.05, 3.63) is 42.7 Å². The van der Waals surface area contributed by atoms with Gasteiger partial charge >= 0.3 is 24.3 Å². The maximum atomic E-state index is 12.0. The Morgan fingerprint density at radius 2 is 1.62 bits per heavy atom. The second kappa shape index (κ2) is 12.3. The van der Waals surface area contributed by atoms with Gasteiger partial charge in [-0.3, -0.25) is 14.7 Å². The van der Waals surface area contributed by atoms with E-state index in [1.54, 1.807) is 0 Å². The third-order valence-corrected chi connectivity index (χ3v) is 4.90. The molecule has 2 aliphatic heterocycles. The molecular weight excluding hydrogens is 476 g/mol. The number of fused-ring (bicyclic) bond motifs is 1. The Labute approximate surface area is 190 Å². The Bertz CT molecular complexity index is 823. The molecule has 1 aromatic heterocycles. The first-order chi connectivity index (χ1) is 15.7. The Morgan fingerprint density at radius 3 is 2.06 bits per heavy atom. The molecule has 14 heteroatoms. The van der Waals surface area contributed by atoms with Crippen LogP contribution in [0.5, 0.6) is 0 Å². The Balaban J connectivity index is 0.000000343. The predicted octanol–water partition coefficient (Wildman–Crippen LogP) is 3.10. The van der Waals surface area contributed by atoms with Gasteiger partial charge in [-0.15, -0.1) is 6.58 Å². The molecule has 1 aromatic rings. The molecule has 2 atom stereocenters. The van der Waals surface area contributed by atoms with Crippen molar-refractivity contribution in [2.24, 2.45) is 0 Å². The van der Waals surface area contributed by atoms with Crippen LogP contribution in [0.1, 0.15) is 25.0 Å². The monoisotopic (exact) mass is 499 g/mol. The number of halogens is 6. The molecule has 0 spiro atoms. The van der Waals surface area contributed by atoms with E-state index in [0.29, 0.717) is 25.0 Å². The summed E-state index contributed by atoms with van der Waals surface area (Å²) in [5, 5.41) is 14.2. The van der Waals surface area contributed by atoms with Crippen LogP contribution in [0.15, 0.2) is 37.1 Å². The fourth-order valence-electron chi connectivity index (χ4n) is 3.51. The average Bonchev–Trinajstić information content (AvgIpc) is 3.13. The van der Waals surface area contributed by atoms with Gasteiger partial charge in [0, 0.05) is 44.3 Å². The lowest BCUT2D eigenvalue weighted by Crippen LogP contribution is -2.52. The van der Waals surface area contributed by atoms with Gasteiger partial charge in [0.25, 0.3) is 0 Å². The van der Waals surface area contributed by atoms with Gasteiger partial charge in [-0.25, -0.2) is 9.59 Å². The molecule has 0 radical (unpaired) electrons. The molecule has 2 fully saturated rings. The maximum Gasteiger partial charge on any atom is 0.490 e. The highest BCUT2D eigenvalue weighted by Crippen LogP contribution is 2.32. The molecule has 8 nitrogen and oxygen atoms in total. The molecule has 0 aromatic carbocycles. The summed E-state index contributed by atoms with van der Waals surface area (Å²) in [7, 11) is 0. The number of piperidine rings is 1. The lowest BCUT2D eigenvalue weighted by atomic mass is 9.96. The minimum Gasteiger partial charge on any atom is -0.475 e. The molecule has 34 heavy (non-hydrogen) atoms. The fraction of sp³-hybridized carbons (Fsp3) is 0.500. The normalized spacial score (nSPS) is 20.3. The number of aromatic nitrogens is 1. The van der Waals surface area contributed by atoms with E-state index in [-0.39, 0.29) is 5.91 Å². The molecule has 2 saturated heterocycles. The topological polar surface area (TPSA) is 111 Å². The van der Waals surface area contributed by atoms with Gasteiger partial charge in [-0.05, 0) is 25.0 Å². The molecule has 2 aliphatic rings. The van der Waals surface area contributed by atoms with E-state index in [1.165, 1.54) is 0 Å². The van der Waals surface area contributed by atoms with E-state index in [2.05, 4.69) is 22.5 Å². The van der Waals surface area contributed by atoms with Crippen LogP contribution in [0.25, 0.3) is 0 Å². The zero-order valence-corrected chi connectivity index (χ0v) is 17.7. The number of carbonyl (C=O) groups is 3. The van der Waals surface area contributed by atoms with E-state index in [4.69, 9.17) is 19.8 Å². The van der Waals surface area contributed by atoms with Crippen LogP contribution in [-0.2, 0) is 20.9 Å². The summed E-state index contributed by atoms with van der Waals surface area (Å²) in [4.78, 5) is 38.7. The Hall–Kier alpha value is -3.16. The van der Waals surface area contributed by atoms with E-state index in [1.807, 2.05) is 29.3 Å². The van der Waals surface area contributed by atoms with Crippen molar-refractivity contribution in [2.45, 2.75) is 50.2 Å². The number of carboxylic acids is 2. The average molecular weight is 499 g/mol. The number of carbonyl (C=O) groups excluding carboxylic acids is 1. The van der Waals surface area contributed by atoms with Crippen LogP contribution in [0.2, 0.25) is 0 Å². The van der Waals surface area contributed by atoms with Crippen LogP contribution in [0, 0.1) is 0 Å². The standard InChI is InChI=1S/C16H21N3O.2C2HF3O2/c1-2-10-19-15-8-11-18(14(15)6-7-16(19)20)12-13-5-3-4-9-17-13;2*3-2(4,5)1(6)7/h2-5,9,14-15H,1,6-8,10-12H2;2*(H,6,7)/t14-,15-;;/m1../s1. The van der Waals surface area contributed by atoms with Crippen molar-refractivity contribution in [1.82, 2.24) is 14.8 Å². The molecule has 0 bridgehead atoms. The number of hydrogen-bond acceptors (Lipinski definition) is 5. The Kier molecular flexibility index (Phi) is 10.5. The maximum absolute atomic E-state index is 12.0. The van der Waals surface area contributed by atoms with Crippen molar-refractivity contribution in [2.75, 3.05) is 13.1 Å². The summed E-state index contributed by atoms with van der Waals surface area (Å²) in [6.07, 6.45) is -3.78. The number of rotatable bonds is 4. The zero-order chi connectivity index (χ0) is 26.1. The first-order valence-electron chi connectivity index (χ1n) is 9.83. The predicted molar refractivity (Wildman–Crippen MR) is 105 cm³/mol. The molecule has 0 saturated carbocycles. The zero-order valence-electron chi connectivity index (χ0n) is 17.7. The smallest absolute Gasteiger partial charge is 0.475 e. The van der Waals surface area contributed by atoms with Crippen LogP contribution in [0.3, 0.4) is 0 Å². The van der Waals surface area contributed by atoms with Crippen LogP contribution >= 0.6 is 0 Å². The molecule has 3 rings (SSSR count). The van der Waals surface area contributed by atoms with Gasteiger partial charge in [0.05, 0.1) is 5.69 Å². The van der Waals surface area contributed by atoms with E-state index < -0.39 is 24.3 Å². The molecule has 3 heterocycles. The second-order valence-corrected chi connectivity index (χ2v) is 7.19. The van der Waals surface area contributed by atoms with Crippen molar-refractivity contribution in [3.8, 4) is 0 Å². The first kappa shape index (κ1) is 28.9. The number of pyridine rings is 1. The van der Waals surface area contributed by atoms with Gasteiger partial charge in [0.15, 0.2) is 0 Å². The largest absolute Gasteiger partial charge is 0.490 e. The summed E-state index contributed by atoms with van der Waals surface area (Å²) in [5.41, 5.74) is 1.11. The van der Waals surface area contributed by atoms with Crippen molar-refractivity contribution >= 4 is 17.8 Å². The SMILES string of the molecule is C=CCN1C(=O)CC[C@@H]2[C@H]1CCN2Cc1ccccn1.O=C(O)C(F)(F)F.O=C(O)C(F)(F)F. The first-order valence-corrected chi connectivity index (χ1v) is 9.83. The highest BCUT2D eigenvalue weighted by Gasteiger charge is 2.42. The number of alkyl halides is 6. The number of likely N-dealkylation sites (tertiary alicyclic amines) is 2. The molecule has 190 valence electrons. The fourth-order valence-corrected chi connectivity index (χ4v) is 3.51. The van der Waals surface area contributed by atoms with Gasteiger partial charge < -0.3 is 15.1 Å².